The molecule has 13 heavy (non-hydrogen) atoms. The summed E-state index contributed by atoms with van der Waals surface area (Å²) in [7, 11) is 0. The van der Waals surface area contributed by atoms with Crippen molar-refractivity contribution in [1.29, 1.82) is 0 Å². The lowest BCUT2D eigenvalue weighted by molar-refractivity contribution is 0.474. The van der Waals surface area contributed by atoms with Gasteiger partial charge in [-0.05, 0) is 28.1 Å². The number of aromatic nitrogens is 1. The van der Waals surface area contributed by atoms with Crippen LogP contribution in [0, 0.1) is 0 Å². The summed E-state index contributed by atoms with van der Waals surface area (Å²) in [5.74, 6) is 0.00673. The summed E-state index contributed by atoms with van der Waals surface area (Å²) in [6.45, 7) is 0. The maximum atomic E-state index is 9.30. The predicted octanol–water partition coefficient (Wildman–Crippen LogP) is 3.36. The zero-order valence-electron chi connectivity index (χ0n) is 6.46. The van der Waals surface area contributed by atoms with Crippen molar-refractivity contribution in [2.45, 2.75) is 0 Å². The highest BCUT2D eigenvalue weighted by Gasteiger charge is 2.04. The minimum atomic E-state index is 0.00673. The van der Waals surface area contributed by atoms with Gasteiger partial charge < -0.3 is 5.11 Å². The van der Waals surface area contributed by atoms with Gasteiger partial charge in [-0.25, -0.2) is 4.98 Å². The van der Waals surface area contributed by atoms with E-state index in [2.05, 4.69) is 20.9 Å². The van der Waals surface area contributed by atoms with Crippen LogP contribution in [0.4, 0.5) is 0 Å². The van der Waals surface area contributed by atoms with Crippen LogP contribution in [0.1, 0.15) is 0 Å². The molecule has 0 spiro atoms. The third-order valence-electron chi connectivity index (χ3n) is 1.73. The molecule has 1 heterocycles. The molecule has 0 unspecified atom stereocenters. The molecule has 4 heteroatoms. The van der Waals surface area contributed by atoms with E-state index < -0.39 is 0 Å². The van der Waals surface area contributed by atoms with E-state index in [1.54, 1.807) is 6.07 Å². The molecule has 0 aliphatic heterocycles. The number of fused-ring (bicyclic) bond motifs is 1. The minimum Gasteiger partial charge on any atom is -0.505 e. The molecule has 2 nitrogen and oxygen atoms in total. The zero-order valence-corrected chi connectivity index (χ0v) is 8.80. The number of pyridine rings is 1. The summed E-state index contributed by atoms with van der Waals surface area (Å²) in [6.07, 6.45) is 0. The summed E-state index contributed by atoms with van der Waals surface area (Å²) in [6, 6.07) is 7.21. The first kappa shape index (κ1) is 8.78. The molecule has 0 saturated heterocycles. The first-order valence-corrected chi connectivity index (χ1v) is 4.79. The molecule has 0 amide bonds. The molecule has 1 aromatic heterocycles. The maximum absolute atomic E-state index is 9.30. The Kier molecular flexibility index (Phi) is 2.14. The Balaban J connectivity index is 2.89. The number of halogens is 2. The monoisotopic (exact) mass is 257 g/mol. The van der Waals surface area contributed by atoms with Crippen molar-refractivity contribution in [2.75, 3.05) is 0 Å². The quantitative estimate of drug-likeness (QED) is 0.735. The van der Waals surface area contributed by atoms with Crippen molar-refractivity contribution in [2.24, 2.45) is 0 Å². The number of hydrogen-bond acceptors (Lipinski definition) is 2. The lowest BCUT2D eigenvalue weighted by Crippen LogP contribution is -1.81. The average molecular weight is 259 g/mol. The van der Waals surface area contributed by atoms with Gasteiger partial charge in [0.15, 0.2) is 10.9 Å². The van der Waals surface area contributed by atoms with E-state index in [9.17, 15) is 5.11 Å². The molecule has 0 fully saturated rings. The number of para-hydroxylation sites is 1. The van der Waals surface area contributed by atoms with Crippen LogP contribution in [-0.4, -0.2) is 10.1 Å². The molecule has 2 rings (SSSR count). The second-order valence-electron chi connectivity index (χ2n) is 2.61. The molecule has 0 saturated carbocycles. The molecule has 0 radical (unpaired) electrons. The molecule has 66 valence electrons. The number of rotatable bonds is 0. The van der Waals surface area contributed by atoms with Gasteiger partial charge in [-0.15, -0.1) is 0 Å². The number of nitrogens with zero attached hydrogens (tertiary/aromatic N) is 1. The first-order valence-electron chi connectivity index (χ1n) is 3.62. The van der Waals surface area contributed by atoms with Crippen LogP contribution in [0.25, 0.3) is 10.9 Å². The van der Waals surface area contributed by atoms with Gasteiger partial charge in [0.2, 0.25) is 0 Å². The van der Waals surface area contributed by atoms with Gasteiger partial charge >= 0.3 is 0 Å². The largest absolute Gasteiger partial charge is 0.505 e. The lowest BCUT2D eigenvalue weighted by atomic mass is 10.2. The number of benzene rings is 1. The number of hydrogen-bond donors (Lipinski definition) is 1. The lowest BCUT2D eigenvalue weighted by Gasteiger charge is -2.01. The zero-order chi connectivity index (χ0) is 9.42. The summed E-state index contributed by atoms with van der Waals surface area (Å²) in [4.78, 5) is 4.04. The molecule has 0 aliphatic carbocycles. The molecule has 1 N–H and O–H groups in total. The van der Waals surface area contributed by atoms with Crippen molar-refractivity contribution in [3.8, 4) is 5.75 Å². The Morgan fingerprint density at radius 3 is 2.92 bits per heavy atom. The second-order valence-corrected chi connectivity index (χ2v) is 3.82. The fraction of sp³-hybridized carbons (Fsp3) is 0. The van der Waals surface area contributed by atoms with Crippen LogP contribution < -0.4 is 0 Å². The minimum absolute atomic E-state index is 0.00673. The highest BCUT2D eigenvalue weighted by atomic mass is 79.9. The smallest absolute Gasteiger partial charge is 0.171 e. The van der Waals surface area contributed by atoms with E-state index in [-0.39, 0.29) is 10.9 Å². The predicted molar refractivity (Wildman–Crippen MR) is 56.1 cm³/mol. The maximum Gasteiger partial charge on any atom is 0.171 e. The van der Waals surface area contributed by atoms with Gasteiger partial charge in [0, 0.05) is 9.86 Å². The highest BCUT2D eigenvalue weighted by Crippen LogP contribution is 2.29. The first-order chi connectivity index (χ1) is 6.18. The van der Waals surface area contributed by atoms with Gasteiger partial charge in [-0.2, -0.15) is 0 Å². The van der Waals surface area contributed by atoms with Gasteiger partial charge in [0.25, 0.3) is 0 Å². The normalized spacial score (nSPS) is 10.6. The topological polar surface area (TPSA) is 33.1 Å². The highest BCUT2D eigenvalue weighted by molar-refractivity contribution is 9.10. The van der Waals surface area contributed by atoms with Crippen LogP contribution in [-0.2, 0) is 0 Å². The van der Waals surface area contributed by atoms with Crippen molar-refractivity contribution < 1.29 is 5.11 Å². The molecular weight excluding hydrogens is 253 g/mol. The molecule has 1 aromatic carbocycles. The summed E-state index contributed by atoms with van der Waals surface area (Å²) >= 11 is 9.03. The average Bonchev–Trinajstić information content (AvgIpc) is 2.09. The molecule has 0 atom stereocenters. The van der Waals surface area contributed by atoms with Gasteiger partial charge in [-0.3, -0.25) is 0 Å². The fourth-order valence-electron chi connectivity index (χ4n) is 1.13. The Labute approximate surface area is 88.3 Å². The molecule has 2 aromatic rings. The third kappa shape index (κ3) is 1.49. The summed E-state index contributed by atoms with van der Waals surface area (Å²) in [5, 5.41) is 10.3. The summed E-state index contributed by atoms with van der Waals surface area (Å²) < 4.78 is 0.868. The standard InChI is InChI=1S/C9H5BrClNO/c10-6-3-1-2-5-4-7(13)9(11)12-8(5)6/h1-4,13H. The Hall–Kier alpha value is -0.800. The van der Waals surface area contributed by atoms with Crippen molar-refractivity contribution in [3.05, 3.63) is 33.9 Å². The van der Waals surface area contributed by atoms with E-state index >= 15 is 0 Å². The van der Waals surface area contributed by atoms with Crippen molar-refractivity contribution >= 4 is 38.4 Å². The van der Waals surface area contributed by atoms with Crippen LogP contribution in [0.15, 0.2) is 28.7 Å². The van der Waals surface area contributed by atoms with Crippen LogP contribution >= 0.6 is 27.5 Å². The van der Waals surface area contributed by atoms with Crippen molar-refractivity contribution in [3.63, 3.8) is 0 Å². The second kappa shape index (κ2) is 3.16. The van der Waals surface area contributed by atoms with Gasteiger partial charge in [0.1, 0.15) is 0 Å². The van der Waals surface area contributed by atoms with E-state index in [0.29, 0.717) is 0 Å². The molecule has 0 aliphatic rings. The Morgan fingerprint density at radius 1 is 1.38 bits per heavy atom. The SMILES string of the molecule is Oc1cc2cccc(Br)c2nc1Cl. The molecular formula is C9H5BrClNO. The third-order valence-corrected chi connectivity index (χ3v) is 2.65. The molecule has 0 bridgehead atoms. The van der Waals surface area contributed by atoms with Gasteiger partial charge in [-0.1, -0.05) is 23.7 Å². The van der Waals surface area contributed by atoms with E-state index in [4.69, 9.17) is 11.6 Å². The number of aromatic hydroxyl groups is 1. The fourth-order valence-corrected chi connectivity index (χ4v) is 1.74. The Morgan fingerprint density at radius 2 is 2.15 bits per heavy atom. The van der Waals surface area contributed by atoms with Gasteiger partial charge in [0.05, 0.1) is 5.52 Å². The van der Waals surface area contributed by atoms with E-state index in [1.807, 2.05) is 18.2 Å². The van der Waals surface area contributed by atoms with E-state index in [1.165, 1.54) is 0 Å². The van der Waals surface area contributed by atoms with Crippen LogP contribution in [0.5, 0.6) is 5.75 Å². The summed E-state index contributed by atoms with van der Waals surface area (Å²) in [5.41, 5.74) is 0.755. The van der Waals surface area contributed by atoms with E-state index in [0.717, 1.165) is 15.4 Å². The van der Waals surface area contributed by atoms with Crippen LogP contribution in [0.2, 0.25) is 5.15 Å². The Bertz CT molecular complexity index is 472. The van der Waals surface area contributed by atoms with Crippen LogP contribution in [0.3, 0.4) is 0 Å². The van der Waals surface area contributed by atoms with Crippen molar-refractivity contribution in [1.82, 2.24) is 4.98 Å².